The Balaban J connectivity index is 1.47. The number of carbonyl (C=O) groups is 1. The number of hydrogen-bond donors (Lipinski definition) is 2. The Hall–Kier alpha value is -2.15. The third-order valence-corrected chi connectivity index (χ3v) is 5.73. The number of nitrogens with zero attached hydrogens (tertiary/aromatic N) is 2. The monoisotopic (exact) mass is 386 g/mol. The number of thiophene rings is 1. The van der Waals surface area contributed by atoms with E-state index in [1.165, 1.54) is 4.88 Å². The summed E-state index contributed by atoms with van der Waals surface area (Å²) in [5.41, 5.74) is 3.12. The lowest BCUT2D eigenvalue weighted by Gasteiger charge is -2.33. The van der Waals surface area contributed by atoms with Crippen LogP contribution in [-0.2, 0) is 30.8 Å². The van der Waals surface area contributed by atoms with Crippen molar-refractivity contribution in [3.05, 3.63) is 75.0 Å². The van der Waals surface area contributed by atoms with Crippen molar-refractivity contribution < 1.29 is 4.79 Å². The topological polar surface area (TPSA) is 61.0 Å². The van der Waals surface area contributed by atoms with Crippen LogP contribution in [0.5, 0.6) is 0 Å². The summed E-state index contributed by atoms with van der Waals surface area (Å²) in [4.78, 5) is 23.9. The molecule has 3 aromatic rings. The van der Waals surface area contributed by atoms with Crippen LogP contribution >= 0.6 is 22.9 Å². The summed E-state index contributed by atoms with van der Waals surface area (Å²) < 4.78 is 0. The Morgan fingerprint density at radius 1 is 1.35 bits per heavy atom. The minimum atomic E-state index is -0.222. The molecule has 2 N–H and O–H groups in total. The van der Waals surface area contributed by atoms with E-state index in [2.05, 4.69) is 31.6 Å². The van der Waals surface area contributed by atoms with Crippen molar-refractivity contribution in [1.29, 1.82) is 0 Å². The van der Waals surface area contributed by atoms with E-state index in [9.17, 15) is 4.79 Å². The Bertz CT molecular complexity index is 875. The number of benzene rings is 1. The molecule has 1 amide bonds. The SMILES string of the molecule is O=C(NCc1ccc(Cl)cc1)C1Cc2nc[nH]c2CN1Cc1cccs1. The van der Waals surface area contributed by atoms with Gasteiger partial charge >= 0.3 is 0 Å². The Morgan fingerprint density at radius 2 is 2.19 bits per heavy atom. The molecule has 7 heteroatoms. The zero-order chi connectivity index (χ0) is 17.9. The molecule has 1 aromatic carbocycles. The predicted octanol–water partition coefficient (Wildman–Crippen LogP) is 3.37. The molecule has 4 rings (SSSR count). The van der Waals surface area contributed by atoms with Crippen molar-refractivity contribution in [3.8, 4) is 0 Å². The molecule has 0 saturated heterocycles. The summed E-state index contributed by atoms with van der Waals surface area (Å²) in [6.45, 7) is 1.95. The number of hydrogen-bond acceptors (Lipinski definition) is 4. The minimum absolute atomic E-state index is 0.0326. The summed E-state index contributed by atoms with van der Waals surface area (Å²) in [6, 6.07) is 11.5. The van der Waals surface area contributed by atoms with E-state index in [1.54, 1.807) is 17.7 Å². The molecule has 0 saturated carbocycles. The Kier molecular flexibility index (Phi) is 5.06. The van der Waals surface area contributed by atoms with E-state index in [-0.39, 0.29) is 11.9 Å². The summed E-state index contributed by atoms with van der Waals surface area (Å²) in [5.74, 6) is 0.0326. The van der Waals surface area contributed by atoms with E-state index in [0.717, 1.165) is 23.5 Å². The highest BCUT2D eigenvalue weighted by molar-refractivity contribution is 7.09. The zero-order valence-corrected chi connectivity index (χ0v) is 15.7. The van der Waals surface area contributed by atoms with Crippen LogP contribution in [-0.4, -0.2) is 26.8 Å². The van der Waals surface area contributed by atoms with E-state index in [0.29, 0.717) is 24.5 Å². The van der Waals surface area contributed by atoms with Crippen LogP contribution in [0.1, 0.15) is 21.8 Å². The highest BCUT2D eigenvalue weighted by Crippen LogP contribution is 2.24. The molecule has 1 unspecified atom stereocenters. The van der Waals surface area contributed by atoms with Gasteiger partial charge in [-0.25, -0.2) is 4.98 Å². The number of carbonyl (C=O) groups excluding carboxylic acids is 1. The van der Waals surface area contributed by atoms with Gasteiger partial charge in [0, 0.05) is 36.0 Å². The molecule has 0 bridgehead atoms. The fraction of sp³-hybridized carbons (Fsp3) is 0.263. The van der Waals surface area contributed by atoms with Crippen LogP contribution in [0, 0.1) is 0 Å². The first-order chi connectivity index (χ1) is 12.7. The van der Waals surface area contributed by atoms with Gasteiger partial charge in [-0.2, -0.15) is 0 Å². The summed E-state index contributed by atoms with van der Waals surface area (Å²) in [6.07, 6.45) is 2.33. The van der Waals surface area contributed by atoms with E-state index >= 15 is 0 Å². The molecule has 1 atom stereocenters. The van der Waals surface area contributed by atoms with Gasteiger partial charge in [-0.05, 0) is 29.1 Å². The number of amides is 1. The molecule has 0 aliphatic carbocycles. The van der Waals surface area contributed by atoms with Crippen molar-refractivity contribution in [2.24, 2.45) is 0 Å². The smallest absolute Gasteiger partial charge is 0.238 e. The molecule has 5 nitrogen and oxygen atoms in total. The zero-order valence-electron chi connectivity index (χ0n) is 14.1. The molecule has 1 aliphatic heterocycles. The molecule has 26 heavy (non-hydrogen) atoms. The second-order valence-electron chi connectivity index (χ2n) is 6.38. The molecule has 0 spiro atoms. The lowest BCUT2D eigenvalue weighted by atomic mass is 10.0. The fourth-order valence-electron chi connectivity index (χ4n) is 3.22. The third kappa shape index (κ3) is 3.82. The highest BCUT2D eigenvalue weighted by Gasteiger charge is 2.33. The first-order valence-corrected chi connectivity index (χ1v) is 9.74. The number of halogens is 1. The van der Waals surface area contributed by atoms with Gasteiger partial charge in [0.15, 0.2) is 0 Å². The van der Waals surface area contributed by atoms with E-state index in [4.69, 9.17) is 11.6 Å². The van der Waals surface area contributed by atoms with Gasteiger partial charge in [0.2, 0.25) is 5.91 Å². The Labute approximate surface area is 161 Å². The number of aromatic amines is 1. The van der Waals surface area contributed by atoms with Crippen LogP contribution in [0.4, 0.5) is 0 Å². The molecule has 1 aliphatic rings. The van der Waals surface area contributed by atoms with Gasteiger partial charge in [-0.15, -0.1) is 11.3 Å². The number of fused-ring (bicyclic) bond motifs is 1. The number of rotatable bonds is 5. The minimum Gasteiger partial charge on any atom is -0.351 e. The van der Waals surface area contributed by atoms with Crippen molar-refractivity contribution in [2.75, 3.05) is 0 Å². The fourth-order valence-corrected chi connectivity index (χ4v) is 4.08. The lowest BCUT2D eigenvalue weighted by Crippen LogP contribution is -2.49. The van der Waals surface area contributed by atoms with Gasteiger partial charge < -0.3 is 10.3 Å². The maximum Gasteiger partial charge on any atom is 0.238 e. The van der Waals surface area contributed by atoms with Crippen molar-refractivity contribution in [3.63, 3.8) is 0 Å². The summed E-state index contributed by atoms with van der Waals surface area (Å²) in [5, 5.41) is 5.82. The normalized spacial score (nSPS) is 17.0. The first kappa shape index (κ1) is 17.3. The second kappa shape index (κ2) is 7.61. The van der Waals surface area contributed by atoms with Crippen LogP contribution in [0.3, 0.4) is 0 Å². The van der Waals surface area contributed by atoms with E-state index < -0.39 is 0 Å². The molecule has 3 heterocycles. The molecule has 0 radical (unpaired) electrons. The van der Waals surface area contributed by atoms with Gasteiger partial charge in [-0.3, -0.25) is 9.69 Å². The molecule has 2 aromatic heterocycles. The van der Waals surface area contributed by atoms with Crippen molar-refractivity contribution in [2.45, 2.75) is 32.1 Å². The Morgan fingerprint density at radius 3 is 2.96 bits per heavy atom. The van der Waals surface area contributed by atoms with Gasteiger partial charge in [0.05, 0.1) is 23.8 Å². The number of H-pyrrole nitrogens is 1. The number of imidazole rings is 1. The number of aromatic nitrogens is 2. The lowest BCUT2D eigenvalue weighted by molar-refractivity contribution is -0.127. The van der Waals surface area contributed by atoms with Crippen molar-refractivity contribution in [1.82, 2.24) is 20.2 Å². The number of nitrogens with one attached hydrogen (secondary N) is 2. The van der Waals surface area contributed by atoms with Crippen LogP contribution in [0.25, 0.3) is 0 Å². The van der Waals surface area contributed by atoms with Crippen LogP contribution in [0.15, 0.2) is 48.1 Å². The highest BCUT2D eigenvalue weighted by atomic mass is 35.5. The maximum atomic E-state index is 12.9. The van der Waals surface area contributed by atoms with Crippen LogP contribution in [0.2, 0.25) is 5.02 Å². The summed E-state index contributed by atoms with van der Waals surface area (Å²) in [7, 11) is 0. The molecule has 0 fully saturated rings. The third-order valence-electron chi connectivity index (χ3n) is 4.62. The van der Waals surface area contributed by atoms with E-state index in [1.807, 2.05) is 30.3 Å². The average Bonchev–Trinajstić information content (AvgIpc) is 3.31. The predicted molar refractivity (Wildman–Crippen MR) is 103 cm³/mol. The van der Waals surface area contributed by atoms with Gasteiger partial charge in [0.1, 0.15) is 0 Å². The standard InChI is InChI=1S/C19H19ClN4OS/c20-14-5-3-13(4-6-14)9-21-19(25)18-8-16-17(23-12-22-16)11-24(18)10-15-2-1-7-26-15/h1-7,12,18H,8-11H2,(H,21,25)(H,22,23). The second-order valence-corrected chi connectivity index (χ2v) is 7.85. The largest absolute Gasteiger partial charge is 0.351 e. The maximum absolute atomic E-state index is 12.9. The molecular formula is C19H19ClN4OS. The molecular weight excluding hydrogens is 368 g/mol. The van der Waals surface area contributed by atoms with Gasteiger partial charge in [-0.1, -0.05) is 29.8 Å². The average molecular weight is 387 g/mol. The summed E-state index contributed by atoms with van der Waals surface area (Å²) >= 11 is 7.63. The quantitative estimate of drug-likeness (QED) is 0.706. The molecule has 134 valence electrons. The van der Waals surface area contributed by atoms with Crippen molar-refractivity contribution >= 4 is 28.8 Å². The first-order valence-electron chi connectivity index (χ1n) is 8.49. The van der Waals surface area contributed by atoms with Gasteiger partial charge in [0.25, 0.3) is 0 Å². The van der Waals surface area contributed by atoms with Crippen LogP contribution < -0.4 is 5.32 Å².